The maximum absolute atomic E-state index is 13.1. The first-order valence-corrected chi connectivity index (χ1v) is 20.8. The van der Waals surface area contributed by atoms with Crippen molar-refractivity contribution < 1.29 is 59.1 Å². The monoisotopic (exact) mass is 912 g/mol. The molecule has 3 aromatic rings. The van der Waals surface area contributed by atoms with Gasteiger partial charge in [0.25, 0.3) is 11.5 Å². The quantitative estimate of drug-likeness (QED) is 0.0615. The number of carbonyl (C=O) groups is 7. The first-order chi connectivity index (χ1) is 30.8. The molecule has 5 atom stereocenters. The minimum absolute atomic E-state index is 0.00506. The van der Waals surface area contributed by atoms with Gasteiger partial charge in [0.1, 0.15) is 30.2 Å². The SMILES string of the molecule is CCC(C(=O)O)N1CCN(C(C)C(=O)O)CCN(C(CNC(=O)CCC(NC(=O)c2ccc(NCc3cnc4nc(N)[nH]c(=O)c4n3)cc2)C(=O)O)C(=O)O)CCN(C(C)C(=O)O)CC1. The summed E-state index contributed by atoms with van der Waals surface area (Å²) in [4.78, 5) is 120. The minimum Gasteiger partial charge on any atom is -0.480 e. The molecule has 65 heavy (non-hydrogen) atoms. The number of nitrogen functional groups attached to an aromatic ring is 1. The molecule has 3 heterocycles. The molecule has 354 valence electrons. The van der Waals surface area contributed by atoms with E-state index in [-0.39, 0.29) is 94.4 Å². The van der Waals surface area contributed by atoms with Gasteiger partial charge in [-0.05, 0) is 51.0 Å². The van der Waals surface area contributed by atoms with Gasteiger partial charge in [-0.25, -0.2) is 14.8 Å². The average Bonchev–Trinajstić information content (AvgIpc) is 3.25. The van der Waals surface area contributed by atoms with E-state index in [0.717, 1.165) is 0 Å². The summed E-state index contributed by atoms with van der Waals surface area (Å²) in [6.45, 7) is 4.74. The van der Waals surface area contributed by atoms with Crippen molar-refractivity contribution in [2.24, 2.45) is 0 Å². The van der Waals surface area contributed by atoms with Gasteiger partial charge in [0.05, 0.1) is 18.4 Å². The predicted molar refractivity (Wildman–Crippen MR) is 231 cm³/mol. The zero-order valence-corrected chi connectivity index (χ0v) is 36.2. The lowest BCUT2D eigenvalue weighted by atomic mass is 10.1. The van der Waals surface area contributed by atoms with Gasteiger partial charge in [-0.15, -0.1) is 0 Å². The summed E-state index contributed by atoms with van der Waals surface area (Å²) >= 11 is 0. The summed E-state index contributed by atoms with van der Waals surface area (Å²) in [5, 5.41) is 57.9. The first-order valence-electron chi connectivity index (χ1n) is 20.8. The number of benzene rings is 1. The molecule has 2 amide bonds. The zero-order chi connectivity index (χ0) is 48.0. The maximum Gasteiger partial charge on any atom is 0.326 e. The highest BCUT2D eigenvalue weighted by molar-refractivity contribution is 5.97. The summed E-state index contributed by atoms with van der Waals surface area (Å²) < 4.78 is 0. The molecule has 0 saturated carbocycles. The smallest absolute Gasteiger partial charge is 0.326 e. The van der Waals surface area contributed by atoms with Crippen LogP contribution in [0.2, 0.25) is 0 Å². The Hall–Kier alpha value is -6.83. The number of hydrogen-bond acceptors (Lipinski definition) is 17. The lowest BCUT2D eigenvalue weighted by Crippen LogP contribution is -2.57. The van der Waals surface area contributed by atoms with Crippen LogP contribution in [0, 0.1) is 0 Å². The number of nitrogens with zero attached hydrogens (tertiary/aromatic N) is 7. The Morgan fingerprint density at radius 3 is 1.75 bits per heavy atom. The molecule has 4 rings (SSSR count). The topological polar surface area (TPSA) is 367 Å². The van der Waals surface area contributed by atoms with Crippen molar-refractivity contribution in [1.82, 2.24) is 50.2 Å². The van der Waals surface area contributed by atoms with Crippen molar-refractivity contribution >= 4 is 64.5 Å². The molecule has 1 aromatic carbocycles. The van der Waals surface area contributed by atoms with Crippen molar-refractivity contribution in [2.45, 2.75) is 76.8 Å². The second-order valence-electron chi connectivity index (χ2n) is 15.4. The van der Waals surface area contributed by atoms with E-state index >= 15 is 0 Å². The van der Waals surface area contributed by atoms with Gasteiger partial charge in [-0.2, -0.15) is 4.98 Å². The Morgan fingerprint density at radius 2 is 1.26 bits per heavy atom. The van der Waals surface area contributed by atoms with Gasteiger partial charge in [-0.3, -0.25) is 58.1 Å². The van der Waals surface area contributed by atoms with Gasteiger partial charge in [0.15, 0.2) is 11.2 Å². The number of H-pyrrole nitrogens is 1. The number of amides is 2. The number of aliphatic carboxylic acids is 5. The van der Waals surface area contributed by atoms with Crippen LogP contribution in [0.4, 0.5) is 11.6 Å². The first kappa shape index (κ1) is 50.8. The number of nitrogens with two attached hydrogens (primary N) is 1. The standard InChI is InChI=1S/C40H56N12O13/c1-4-28(38(62)63)51-15-11-49(22(2)35(56)57)13-17-52(18-14-50(12-16-51)23(3)36(58)59)29(39(64)65)21-43-30(53)10-9-27(37(60)61)46-33(54)24-5-7-25(8-6-24)42-19-26-20-44-32-31(45-26)34(55)48-40(41)47-32/h5-8,20,22-23,27-29,42H,4,9-19,21H2,1-3H3,(H,43,53)(H,46,54)(H,56,57)(H,58,59)(H,60,61)(H,62,63)(H,64,65)(H3,41,44,47,48,55). The van der Waals surface area contributed by atoms with Crippen LogP contribution in [0.15, 0.2) is 35.3 Å². The number of aromatic amines is 1. The van der Waals surface area contributed by atoms with Crippen LogP contribution >= 0.6 is 0 Å². The third kappa shape index (κ3) is 14.6. The number of rotatable bonds is 20. The van der Waals surface area contributed by atoms with E-state index in [9.17, 15) is 63.9 Å². The van der Waals surface area contributed by atoms with E-state index < -0.39 is 90.4 Å². The number of aromatic nitrogens is 4. The van der Waals surface area contributed by atoms with E-state index in [2.05, 4.69) is 35.9 Å². The molecule has 2 aromatic heterocycles. The second-order valence-corrected chi connectivity index (χ2v) is 15.4. The molecule has 1 aliphatic heterocycles. The Kier molecular flexibility index (Phi) is 18.6. The molecule has 0 spiro atoms. The minimum atomic E-state index is -1.50. The van der Waals surface area contributed by atoms with E-state index in [1.807, 2.05) is 0 Å². The van der Waals surface area contributed by atoms with E-state index in [4.69, 9.17) is 5.73 Å². The molecular formula is C40H56N12O13. The zero-order valence-electron chi connectivity index (χ0n) is 36.2. The highest BCUT2D eigenvalue weighted by atomic mass is 16.4. The summed E-state index contributed by atoms with van der Waals surface area (Å²) in [6.07, 6.45) is 0.889. The molecule has 1 fully saturated rings. The number of fused-ring (bicyclic) bond motifs is 1. The summed E-state index contributed by atoms with van der Waals surface area (Å²) in [7, 11) is 0. The van der Waals surface area contributed by atoms with Crippen LogP contribution in [0.3, 0.4) is 0 Å². The number of hydrogen-bond donors (Lipinski definition) is 10. The summed E-state index contributed by atoms with van der Waals surface area (Å²) in [5.74, 6) is -7.69. The molecule has 25 heteroatoms. The lowest BCUT2D eigenvalue weighted by Gasteiger charge is -2.39. The van der Waals surface area contributed by atoms with Crippen LogP contribution in [-0.2, 0) is 35.3 Å². The van der Waals surface area contributed by atoms with Gasteiger partial charge in [-0.1, -0.05) is 6.92 Å². The summed E-state index contributed by atoms with van der Waals surface area (Å²) in [5.41, 5.74) is 6.16. The predicted octanol–water partition coefficient (Wildman–Crippen LogP) is -1.53. The molecule has 5 unspecified atom stereocenters. The van der Waals surface area contributed by atoms with E-state index in [0.29, 0.717) is 11.4 Å². The van der Waals surface area contributed by atoms with Crippen LogP contribution in [0.5, 0.6) is 0 Å². The molecule has 0 radical (unpaired) electrons. The third-order valence-corrected chi connectivity index (χ3v) is 11.2. The number of carboxylic acid groups (broad SMARTS) is 5. The van der Waals surface area contributed by atoms with Gasteiger partial charge >= 0.3 is 29.8 Å². The fourth-order valence-corrected chi connectivity index (χ4v) is 7.21. The largest absolute Gasteiger partial charge is 0.480 e. The van der Waals surface area contributed by atoms with Crippen molar-refractivity contribution in [1.29, 1.82) is 0 Å². The fourth-order valence-electron chi connectivity index (χ4n) is 7.21. The molecule has 1 saturated heterocycles. The molecule has 11 N–H and O–H groups in total. The van der Waals surface area contributed by atoms with Crippen LogP contribution in [0.25, 0.3) is 11.2 Å². The average molecular weight is 913 g/mol. The molecular weight excluding hydrogens is 857 g/mol. The van der Waals surface area contributed by atoms with Crippen molar-refractivity contribution in [2.75, 3.05) is 70.0 Å². The van der Waals surface area contributed by atoms with Crippen LogP contribution < -0.4 is 27.2 Å². The molecule has 0 bridgehead atoms. The van der Waals surface area contributed by atoms with E-state index in [1.165, 1.54) is 37.1 Å². The van der Waals surface area contributed by atoms with Crippen molar-refractivity contribution in [3.8, 4) is 0 Å². The molecule has 1 aliphatic rings. The lowest BCUT2D eigenvalue weighted by molar-refractivity contribution is -0.147. The number of anilines is 2. The van der Waals surface area contributed by atoms with Crippen molar-refractivity contribution in [3.63, 3.8) is 0 Å². The Bertz CT molecular complexity index is 2210. The van der Waals surface area contributed by atoms with Gasteiger partial charge in [0.2, 0.25) is 11.9 Å². The second kappa shape index (κ2) is 23.7. The highest BCUT2D eigenvalue weighted by Crippen LogP contribution is 2.15. The normalized spacial score (nSPS) is 17.3. The Balaban J connectivity index is 1.38. The van der Waals surface area contributed by atoms with Gasteiger partial charge < -0.3 is 47.2 Å². The number of carbonyl (C=O) groups excluding carboxylic acids is 2. The Labute approximate surface area is 372 Å². The van der Waals surface area contributed by atoms with Crippen molar-refractivity contribution in [3.05, 3.63) is 52.1 Å². The fraction of sp³-hybridized carbons (Fsp3) is 0.525. The summed E-state index contributed by atoms with van der Waals surface area (Å²) in [6, 6.07) is 0.139. The van der Waals surface area contributed by atoms with Gasteiger partial charge in [0, 0.05) is 76.6 Å². The van der Waals surface area contributed by atoms with Crippen LogP contribution in [-0.4, -0.2) is 196 Å². The third-order valence-electron chi connectivity index (χ3n) is 11.2. The molecule has 0 aliphatic carbocycles. The highest BCUT2D eigenvalue weighted by Gasteiger charge is 2.33. The Morgan fingerprint density at radius 1 is 0.738 bits per heavy atom. The van der Waals surface area contributed by atoms with E-state index in [1.54, 1.807) is 33.8 Å². The number of nitrogens with one attached hydrogen (secondary N) is 4. The number of carboxylic acids is 5. The molecule has 25 nitrogen and oxygen atoms in total. The van der Waals surface area contributed by atoms with Crippen LogP contribution in [0.1, 0.15) is 56.1 Å². The maximum atomic E-state index is 13.1.